The number of nitrogens with one attached hydrogen (secondary N) is 1. The van der Waals surface area contributed by atoms with Gasteiger partial charge in [-0.2, -0.15) is 0 Å². The minimum Gasteiger partial charge on any atom is -0.338 e. The second-order valence-electron chi connectivity index (χ2n) is 3.83. The van der Waals surface area contributed by atoms with Crippen molar-refractivity contribution >= 4 is 39.8 Å². The number of aromatic amines is 1. The van der Waals surface area contributed by atoms with Crippen molar-refractivity contribution in [3.05, 3.63) is 35.0 Å². The lowest BCUT2D eigenvalue weighted by Crippen LogP contribution is -1.88. The van der Waals surface area contributed by atoms with Crippen LogP contribution in [-0.4, -0.2) is 15.8 Å². The van der Waals surface area contributed by atoms with Gasteiger partial charge in [-0.1, -0.05) is 11.6 Å². The van der Waals surface area contributed by atoms with Crippen molar-refractivity contribution in [2.24, 2.45) is 7.05 Å². The molecule has 0 aliphatic heterocycles. The molecule has 3 aromatic rings. The van der Waals surface area contributed by atoms with E-state index < -0.39 is 0 Å². The molecule has 0 spiro atoms. The molecule has 3 nitrogen and oxygen atoms in total. The van der Waals surface area contributed by atoms with Gasteiger partial charge in [-0.15, -0.1) is 0 Å². The summed E-state index contributed by atoms with van der Waals surface area (Å²) in [5.74, 6) is 0. The third-order valence-electron chi connectivity index (χ3n) is 2.89. The van der Waals surface area contributed by atoms with Crippen LogP contribution in [0.2, 0.25) is 5.02 Å². The Labute approximate surface area is 96.6 Å². The van der Waals surface area contributed by atoms with Crippen molar-refractivity contribution in [3.63, 3.8) is 0 Å². The molecule has 0 aliphatic carbocycles. The van der Waals surface area contributed by atoms with E-state index in [4.69, 9.17) is 11.6 Å². The first-order chi connectivity index (χ1) is 7.70. The molecular formula is C12H9ClN2O. The van der Waals surface area contributed by atoms with Crippen LogP contribution in [0.25, 0.3) is 21.9 Å². The van der Waals surface area contributed by atoms with Crippen molar-refractivity contribution < 1.29 is 4.79 Å². The number of aldehydes is 1. The first kappa shape index (κ1) is 9.48. The largest absolute Gasteiger partial charge is 0.338 e. The highest BCUT2D eigenvalue weighted by Gasteiger charge is 2.11. The number of aryl methyl sites for hydroxylation is 1. The molecule has 1 N–H and O–H groups in total. The highest BCUT2D eigenvalue weighted by Crippen LogP contribution is 2.30. The van der Waals surface area contributed by atoms with E-state index in [1.165, 1.54) is 0 Å². The molecule has 0 atom stereocenters. The number of benzene rings is 1. The van der Waals surface area contributed by atoms with Gasteiger partial charge in [0.25, 0.3) is 0 Å². The Kier molecular flexibility index (Phi) is 1.85. The average molecular weight is 233 g/mol. The zero-order valence-corrected chi connectivity index (χ0v) is 9.38. The number of fused-ring (bicyclic) bond motifs is 3. The molecule has 0 fully saturated rings. The van der Waals surface area contributed by atoms with Crippen LogP contribution in [0.15, 0.2) is 24.3 Å². The predicted molar refractivity (Wildman–Crippen MR) is 65.2 cm³/mol. The first-order valence-corrected chi connectivity index (χ1v) is 5.30. The standard InChI is InChI=1S/C12H9ClN2O/c1-15-11-3-2-7(13)4-9(11)10-5-8(6-16)14-12(10)15/h2-6,14H,1H3. The molecule has 0 unspecified atom stereocenters. The molecule has 0 amide bonds. The number of hydrogen-bond donors (Lipinski definition) is 1. The molecule has 2 heterocycles. The molecule has 1 aromatic carbocycles. The summed E-state index contributed by atoms with van der Waals surface area (Å²) in [6.07, 6.45) is 0.816. The molecule has 0 saturated carbocycles. The Morgan fingerprint density at radius 2 is 2.12 bits per heavy atom. The second-order valence-corrected chi connectivity index (χ2v) is 4.26. The normalized spacial score (nSPS) is 11.4. The van der Waals surface area contributed by atoms with Gasteiger partial charge in [0.2, 0.25) is 0 Å². The number of aromatic nitrogens is 2. The smallest absolute Gasteiger partial charge is 0.166 e. The van der Waals surface area contributed by atoms with Crippen LogP contribution >= 0.6 is 11.6 Å². The monoisotopic (exact) mass is 232 g/mol. The molecule has 2 aromatic heterocycles. The zero-order chi connectivity index (χ0) is 11.3. The van der Waals surface area contributed by atoms with E-state index in [-0.39, 0.29) is 0 Å². The van der Waals surface area contributed by atoms with E-state index in [2.05, 4.69) is 4.98 Å². The Bertz CT molecular complexity index is 709. The lowest BCUT2D eigenvalue weighted by molar-refractivity contribution is 0.111. The zero-order valence-electron chi connectivity index (χ0n) is 8.62. The van der Waals surface area contributed by atoms with Crippen molar-refractivity contribution in [2.45, 2.75) is 0 Å². The molecule has 0 radical (unpaired) electrons. The van der Waals surface area contributed by atoms with Gasteiger partial charge in [0.1, 0.15) is 5.65 Å². The van der Waals surface area contributed by atoms with E-state index in [0.29, 0.717) is 10.7 Å². The van der Waals surface area contributed by atoms with E-state index in [0.717, 1.165) is 28.2 Å². The number of nitrogens with zero attached hydrogens (tertiary/aromatic N) is 1. The van der Waals surface area contributed by atoms with Crippen LogP contribution in [0.4, 0.5) is 0 Å². The van der Waals surface area contributed by atoms with Gasteiger partial charge in [0.15, 0.2) is 6.29 Å². The summed E-state index contributed by atoms with van der Waals surface area (Å²) in [4.78, 5) is 13.8. The third kappa shape index (κ3) is 1.12. The Balaban J connectivity index is 2.54. The summed E-state index contributed by atoms with van der Waals surface area (Å²) in [6.45, 7) is 0. The second kappa shape index (κ2) is 3.12. The fraction of sp³-hybridized carbons (Fsp3) is 0.0833. The van der Waals surface area contributed by atoms with Crippen LogP contribution in [0, 0.1) is 0 Å². The minimum absolute atomic E-state index is 0.586. The fourth-order valence-corrected chi connectivity index (χ4v) is 2.31. The fourth-order valence-electron chi connectivity index (χ4n) is 2.13. The van der Waals surface area contributed by atoms with E-state index in [9.17, 15) is 4.79 Å². The first-order valence-electron chi connectivity index (χ1n) is 4.92. The number of carbonyl (C=O) groups is 1. The molecule has 16 heavy (non-hydrogen) atoms. The van der Waals surface area contributed by atoms with Crippen LogP contribution < -0.4 is 0 Å². The number of hydrogen-bond acceptors (Lipinski definition) is 1. The van der Waals surface area contributed by atoms with E-state index >= 15 is 0 Å². The summed E-state index contributed by atoms with van der Waals surface area (Å²) >= 11 is 5.98. The van der Waals surface area contributed by atoms with Crippen molar-refractivity contribution in [1.82, 2.24) is 9.55 Å². The summed E-state index contributed by atoms with van der Waals surface area (Å²) in [6, 6.07) is 7.61. The Morgan fingerprint density at radius 3 is 2.88 bits per heavy atom. The summed E-state index contributed by atoms with van der Waals surface area (Å²) in [5.41, 5.74) is 2.63. The van der Waals surface area contributed by atoms with Gasteiger partial charge in [0, 0.05) is 22.8 Å². The lowest BCUT2D eigenvalue weighted by atomic mass is 10.2. The van der Waals surface area contributed by atoms with Gasteiger partial charge < -0.3 is 9.55 Å². The topological polar surface area (TPSA) is 37.8 Å². The molecular weight excluding hydrogens is 224 g/mol. The van der Waals surface area contributed by atoms with Gasteiger partial charge in [-0.3, -0.25) is 4.79 Å². The molecule has 0 bridgehead atoms. The van der Waals surface area contributed by atoms with Crippen LogP contribution in [0.3, 0.4) is 0 Å². The number of carbonyl (C=O) groups excluding carboxylic acids is 1. The molecule has 0 aliphatic rings. The quantitative estimate of drug-likeness (QED) is 0.643. The number of halogens is 1. The van der Waals surface area contributed by atoms with Gasteiger partial charge in [-0.05, 0) is 24.3 Å². The van der Waals surface area contributed by atoms with Gasteiger partial charge in [-0.25, -0.2) is 0 Å². The highest BCUT2D eigenvalue weighted by molar-refractivity contribution is 6.31. The SMILES string of the molecule is Cn1c2ccc(Cl)cc2c2cc(C=O)[nH]c21. The number of H-pyrrole nitrogens is 1. The lowest BCUT2D eigenvalue weighted by Gasteiger charge is -1.97. The summed E-state index contributed by atoms with van der Waals surface area (Å²) in [7, 11) is 1.96. The predicted octanol–water partition coefficient (Wildman–Crippen LogP) is 3.13. The average Bonchev–Trinajstić information content (AvgIpc) is 2.80. The molecule has 0 saturated heterocycles. The van der Waals surface area contributed by atoms with Crippen LogP contribution in [0.5, 0.6) is 0 Å². The van der Waals surface area contributed by atoms with Crippen molar-refractivity contribution in [3.8, 4) is 0 Å². The maximum Gasteiger partial charge on any atom is 0.166 e. The minimum atomic E-state index is 0.586. The van der Waals surface area contributed by atoms with Gasteiger partial charge >= 0.3 is 0 Å². The Hall–Kier alpha value is -1.74. The maximum absolute atomic E-state index is 10.7. The molecule has 4 heteroatoms. The van der Waals surface area contributed by atoms with Crippen LogP contribution in [0.1, 0.15) is 10.5 Å². The summed E-state index contributed by atoms with van der Waals surface area (Å²) < 4.78 is 2.02. The Morgan fingerprint density at radius 1 is 1.31 bits per heavy atom. The molecule has 80 valence electrons. The van der Waals surface area contributed by atoms with E-state index in [1.807, 2.05) is 35.9 Å². The highest BCUT2D eigenvalue weighted by atomic mass is 35.5. The number of rotatable bonds is 1. The summed E-state index contributed by atoms with van der Waals surface area (Å²) in [5, 5.41) is 2.80. The van der Waals surface area contributed by atoms with Gasteiger partial charge in [0.05, 0.1) is 11.2 Å². The van der Waals surface area contributed by atoms with E-state index in [1.54, 1.807) is 0 Å². The maximum atomic E-state index is 10.7. The molecule has 3 rings (SSSR count). The van der Waals surface area contributed by atoms with Crippen molar-refractivity contribution in [1.29, 1.82) is 0 Å². The van der Waals surface area contributed by atoms with Crippen molar-refractivity contribution in [2.75, 3.05) is 0 Å². The van der Waals surface area contributed by atoms with Crippen LogP contribution in [-0.2, 0) is 7.05 Å². The third-order valence-corrected chi connectivity index (χ3v) is 3.13.